The first-order valence-electron chi connectivity index (χ1n) is 14.0. The number of hydrogen-bond acceptors (Lipinski definition) is 7. The zero-order chi connectivity index (χ0) is 31.8. The third-order valence-corrected chi connectivity index (χ3v) is 8.48. The van der Waals surface area contributed by atoms with Gasteiger partial charge in [-0.25, -0.2) is 8.42 Å². The van der Waals surface area contributed by atoms with Crippen molar-refractivity contribution in [2.75, 3.05) is 11.9 Å². The van der Waals surface area contributed by atoms with E-state index < -0.39 is 9.84 Å². The van der Waals surface area contributed by atoms with E-state index in [1.54, 1.807) is 56.0 Å². The van der Waals surface area contributed by atoms with E-state index in [2.05, 4.69) is 37.8 Å². The minimum atomic E-state index is -3.85. The number of sulfone groups is 1. The lowest BCUT2D eigenvalue weighted by Gasteiger charge is -2.09. The summed E-state index contributed by atoms with van der Waals surface area (Å²) in [4.78, 5) is 25.4. The lowest BCUT2D eigenvalue weighted by Crippen LogP contribution is -2.25. The van der Waals surface area contributed by atoms with Gasteiger partial charge in [-0.05, 0) is 91.2 Å². The second-order valence-electron chi connectivity index (χ2n) is 10.2. The highest BCUT2D eigenvalue weighted by Gasteiger charge is 2.22. The molecule has 11 nitrogen and oxygen atoms in total. The summed E-state index contributed by atoms with van der Waals surface area (Å²) in [6, 6.07) is 18.6. The molecule has 0 aliphatic carbocycles. The molecule has 0 bridgehead atoms. The monoisotopic (exact) mass is 622 g/mol. The number of carbonyl (C=O) groups is 2. The first kappa shape index (κ1) is 30.8. The van der Waals surface area contributed by atoms with E-state index in [1.165, 1.54) is 47.1 Å². The number of aryl methyl sites for hydroxylation is 2. The Kier molecular flexibility index (Phi) is 9.40. The average molecular weight is 623 g/mol. The molecule has 3 aromatic carbocycles. The summed E-state index contributed by atoms with van der Waals surface area (Å²) < 4.78 is 28.4. The van der Waals surface area contributed by atoms with Gasteiger partial charge >= 0.3 is 0 Å². The van der Waals surface area contributed by atoms with Crippen LogP contribution >= 0.6 is 0 Å². The van der Waals surface area contributed by atoms with Gasteiger partial charge in [0, 0.05) is 53.9 Å². The van der Waals surface area contributed by atoms with Crippen LogP contribution in [0.1, 0.15) is 49.5 Å². The van der Waals surface area contributed by atoms with Crippen molar-refractivity contribution in [3.63, 3.8) is 0 Å². The second kappa shape index (κ2) is 13.7. The zero-order valence-electron chi connectivity index (χ0n) is 24.3. The van der Waals surface area contributed by atoms with Gasteiger partial charge in [-0.2, -0.15) is 10.2 Å². The van der Waals surface area contributed by atoms with Gasteiger partial charge in [0.25, 0.3) is 11.8 Å². The highest BCUT2D eigenvalue weighted by atomic mass is 32.2. The molecule has 0 aliphatic heterocycles. The Morgan fingerprint density at radius 3 is 2.40 bits per heavy atom. The maximum Gasteiger partial charge on any atom is 0.255 e. The number of amides is 2. The molecule has 5 rings (SSSR count). The Bertz CT molecular complexity index is 1970. The van der Waals surface area contributed by atoms with Crippen LogP contribution in [0.25, 0.3) is 0 Å². The molecule has 0 spiro atoms. The standard InChI is InChI=1S/C33H30N6O5S/c1-39-18-16-29(38-39)22-45(43,44)31-15-10-27(32(41)34-17-2-3-24-20-35-36-21-24)19-26(31)7-4-23-5-11-28(12-6-23)37-33(42)25-8-13-30(40)14-9-25/h5-6,8-16,18-21,40H,2-3,17,22H2,1H3,(H,34,41)(H,35,36)(H,37,42). The summed E-state index contributed by atoms with van der Waals surface area (Å²) >= 11 is 0. The Hall–Kier alpha value is -5.67. The highest BCUT2D eigenvalue weighted by molar-refractivity contribution is 7.90. The minimum absolute atomic E-state index is 0.00468. The third kappa shape index (κ3) is 8.25. The molecule has 0 radical (unpaired) electrons. The van der Waals surface area contributed by atoms with Gasteiger partial charge in [0.05, 0.1) is 22.5 Å². The summed E-state index contributed by atoms with van der Waals surface area (Å²) in [5.74, 6) is 4.98. The van der Waals surface area contributed by atoms with E-state index in [0.29, 0.717) is 35.5 Å². The van der Waals surface area contributed by atoms with E-state index in [0.717, 1.165) is 12.0 Å². The van der Waals surface area contributed by atoms with Crippen LogP contribution in [0.2, 0.25) is 0 Å². The number of aromatic nitrogens is 4. The van der Waals surface area contributed by atoms with Crippen LogP contribution in [0.4, 0.5) is 5.69 Å². The number of carbonyl (C=O) groups excluding carboxylic acids is 2. The van der Waals surface area contributed by atoms with Crippen LogP contribution in [0.5, 0.6) is 5.75 Å². The van der Waals surface area contributed by atoms with Gasteiger partial charge in [0.2, 0.25) is 0 Å². The molecule has 2 aromatic heterocycles. The topological polar surface area (TPSA) is 159 Å². The first-order chi connectivity index (χ1) is 21.7. The van der Waals surface area contributed by atoms with Gasteiger partial charge < -0.3 is 15.7 Å². The van der Waals surface area contributed by atoms with Gasteiger partial charge in [-0.1, -0.05) is 11.8 Å². The second-order valence-corrected chi connectivity index (χ2v) is 12.2. The van der Waals surface area contributed by atoms with Crippen molar-refractivity contribution in [1.82, 2.24) is 25.3 Å². The molecule has 45 heavy (non-hydrogen) atoms. The van der Waals surface area contributed by atoms with Gasteiger partial charge in [-0.15, -0.1) is 0 Å². The molecule has 0 aliphatic rings. The van der Waals surface area contributed by atoms with Crippen molar-refractivity contribution >= 4 is 27.3 Å². The van der Waals surface area contributed by atoms with Crippen LogP contribution in [0.15, 0.2) is 96.3 Å². The van der Waals surface area contributed by atoms with Crippen LogP contribution in [-0.4, -0.2) is 51.9 Å². The smallest absolute Gasteiger partial charge is 0.255 e. The number of phenolic OH excluding ortho intramolecular Hbond substituents is 1. The fraction of sp³-hybridized carbons (Fsp3) is 0.152. The average Bonchev–Trinajstić information content (AvgIpc) is 3.70. The maximum absolute atomic E-state index is 13.5. The molecule has 0 atom stereocenters. The summed E-state index contributed by atoms with van der Waals surface area (Å²) in [6.45, 7) is 0.431. The number of anilines is 1. The number of rotatable bonds is 10. The van der Waals surface area contributed by atoms with Crippen molar-refractivity contribution in [1.29, 1.82) is 0 Å². The highest BCUT2D eigenvalue weighted by Crippen LogP contribution is 2.22. The number of aromatic hydroxyl groups is 1. The number of phenols is 1. The van der Waals surface area contributed by atoms with Gasteiger partial charge in [0.15, 0.2) is 9.84 Å². The summed E-state index contributed by atoms with van der Waals surface area (Å²) in [7, 11) is -2.15. The zero-order valence-corrected chi connectivity index (χ0v) is 25.1. The number of benzene rings is 3. The van der Waals surface area contributed by atoms with Crippen molar-refractivity contribution in [2.24, 2.45) is 7.05 Å². The lowest BCUT2D eigenvalue weighted by molar-refractivity contribution is 0.0952. The van der Waals surface area contributed by atoms with Gasteiger partial charge in [0.1, 0.15) is 5.75 Å². The fourth-order valence-corrected chi connectivity index (χ4v) is 5.88. The minimum Gasteiger partial charge on any atom is -0.508 e. The van der Waals surface area contributed by atoms with Crippen LogP contribution in [0.3, 0.4) is 0 Å². The first-order valence-corrected chi connectivity index (χ1v) is 15.7. The van der Waals surface area contributed by atoms with E-state index in [4.69, 9.17) is 0 Å². The number of H-pyrrole nitrogens is 1. The number of aromatic amines is 1. The van der Waals surface area contributed by atoms with Crippen molar-refractivity contribution in [3.05, 3.63) is 125 Å². The normalized spacial score (nSPS) is 11.0. The molecule has 5 aromatic rings. The van der Waals surface area contributed by atoms with Crippen molar-refractivity contribution < 1.29 is 23.1 Å². The summed E-state index contributed by atoms with van der Waals surface area (Å²) in [5, 5.41) is 25.9. The largest absolute Gasteiger partial charge is 0.508 e. The van der Waals surface area contributed by atoms with Crippen LogP contribution in [-0.2, 0) is 29.1 Å². The Balaban J connectivity index is 1.35. The molecule has 12 heteroatoms. The molecule has 4 N–H and O–H groups in total. The number of hydrogen-bond donors (Lipinski definition) is 4. The van der Waals surface area contributed by atoms with Crippen molar-refractivity contribution in [2.45, 2.75) is 23.5 Å². The van der Waals surface area contributed by atoms with Crippen molar-refractivity contribution in [3.8, 4) is 17.6 Å². The summed E-state index contributed by atoms with van der Waals surface area (Å²) in [6.07, 6.45) is 6.66. The SMILES string of the molecule is Cn1ccc(CS(=O)(=O)c2ccc(C(=O)NCCCc3cn[nH]c3)cc2C#Cc2ccc(NC(=O)c3ccc(O)cc3)cc2)n1. The quantitative estimate of drug-likeness (QED) is 0.136. The molecular formula is C33H30N6O5S. The van der Waals surface area contributed by atoms with E-state index >= 15 is 0 Å². The Labute approximate surface area is 260 Å². The molecule has 2 amide bonds. The molecule has 0 saturated carbocycles. The molecule has 0 unspecified atom stereocenters. The Morgan fingerprint density at radius 2 is 1.71 bits per heavy atom. The van der Waals surface area contributed by atoms with E-state index in [-0.39, 0.29) is 39.3 Å². The summed E-state index contributed by atoms with van der Waals surface area (Å²) in [5.41, 5.74) is 3.38. The predicted molar refractivity (Wildman–Crippen MR) is 168 cm³/mol. The molecule has 228 valence electrons. The molecular weight excluding hydrogens is 592 g/mol. The molecule has 2 heterocycles. The lowest BCUT2D eigenvalue weighted by atomic mass is 10.1. The molecule has 0 saturated heterocycles. The maximum atomic E-state index is 13.5. The predicted octanol–water partition coefficient (Wildman–Crippen LogP) is 3.84. The number of nitrogens with one attached hydrogen (secondary N) is 3. The van der Waals surface area contributed by atoms with Crippen LogP contribution < -0.4 is 10.6 Å². The van der Waals surface area contributed by atoms with Gasteiger partial charge in [-0.3, -0.25) is 19.4 Å². The molecule has 0 fully saturated rings. The van der Waals surface area contributed by atoms with E-state index in [9.17, 15) is 23.1 Å². The fourth-order valence-electron chi connectivity index (χ4n) is 4.46. The Morgan fingerprint density at radius 1 is 0.956 bits per heavy atom. The number of nitrogens with zero attached hydrogens (tertiary/aromatic N) is 3. The van der Waals surface area contributed by atoms with Crippen LogP contribution in [0, 0.1) is 11.8 Å². The third-order valence-electron chi connectivity index (χ3n) is 6.78. The van der Waals surface area contributed by atoms with E-state index in [1.807, 2.05) is 0 Å².